The van der Waals surface area contributed by atoms with Crippen molar-refractivity contribution in [2.45, 2.75) is 18.9 Å². The van der Waals surface area contributed by atoms with E-state index in [1.54, 1.807) is 7.11 Å². The van der Waals surface area contributed by atoms with Gasteiger partial charge in [0.2, 0.25) is 0 Å². The first-order valence-corrected chi connectivity index (χ1v) is 8.41. The Kier molecular flexibility index (Phi) is 5.45. The molecule has 1 aliphatic rings. The zero-order chi connectivity index (χ0) is 17.6. The van der Waals surface area contributed by atoms with Gasteiger partial charge in [0, 0.05) is 18.9 Å². The SMILES string of the molecule is COc1cccc([C@@H](CNC(=O)c2nccnc2N)N2CCCC2)c1. The van der Waals surface area contributed by atoms with Crippen molar-refractivity contribution in [3.63, 3.8) is 0 Å². The quantitative estimate of drug-likeness (QED) is 0.829. The smallest absolute Gasteiger partial charge is 0.273 e. The molecule has 1 aromatic heterocycles. The fraction of sp³-hybridized carbons (Fsp3) is 0.389. The van der Waals surface area contributed by atoms with Gasteiger partial charge in [-0.2, -0.15) is 0 Å². The number of likely N-dealkylation sites (tertiary alicyclic amines) is 1. The summed E-state index contributed by atoms with van der Waals surface area (Å²) in [6, 6.07) is 8.06. The average Bonchev–Trinajstić information content (AvgIpc) is 3.16. The van der Waals surface area contributed by atoms with E-state index in [1.807, 2.05) is 18.2 Å². The number of nitrogens with two attached hydrogens (primary N) is 1. The maximum atomic E-state index is 12.4. The third-order valence-electron chi connectivity index (χ3n) is 4.46. The molecular formula is C18H23N5O2. The Hall–Kier alpha value is -2.67. The van der Waals surface area contributed by atoms with Crippen molar-refractivity contribution in [1.82, 2.24) is 20.2 Å². The molecule has 3 rings (SSSR count). The molecule has 1 amide bonds. The van der Waals surface area contributed by atoms with Crippen LogP contribution in [-0.2, 0) is 0 Å². The van der Waals surface area contributed by atoms with Crippen LogP contribution in [0.4, 0.5) is 5.82 Å². The van der Waals surface area contributed by atoms with Crippen LogP contribution in [0.2, 0.25) is 0 Å². The van der Waals surface area contributed by atoms with Crippen LogP contribution < -0.4 is 15.8 Å². The molecule has 2 heterocycles. The highest BCUT2D eigenvalue weighted by Crippen LogP contribution is 2.27. The van der Waals surface area contributed by atoms with Crippen molar-refractivity contribution in [2.75, 3.05) is 32.5 Å². The largest absolute Gasteiger partial charge is 0.497 e. The topological polar surface area (TPSA) is 93.4 Å². The van der Waals surface area contributed by atoms with Crippen molar-refractivity contribution in [3.8, 4) is 5.75 Å². The lowest BCUT2D eigenvalue weighted by Crippen LogP contribution is -2.37. The molecule has 7 heteroatoms. The van der Waals surface area contributed by atoms with E-state index in [0.717, 1.165) is 24.4 Å². The molecule has 0 aliphatic carbocycles. The Labute approximate surface area is 147 Å². The van der Waals surface area contributed by atoms with E-state index in [9.17, 15) is 4.79 Å². The molecule has 132 valence electrons. The Bertz CT molecular complexity index is 731. The number of nitrogens with one attached hydrogen (secondary N) is 1. The van der Waals surface area contributed by atoms with Gasteiger partial charge in [-0.3, -0.25) is 9.69 Å². The maximum absolute atomic E-state index is 12.4. The monoisotopic (exact) mass is 341 g/mol. The Morgan fingerprint density at radius 2 is 2.08 bits per heavy atom. The van der Waals surface area contributed by atoms with Gasteiger partial charge in [0.1, 0.15) is 5.75 Å². The summed E-state index contributed by atoms with van der Waals surface area (Å²) in [5, 5.41) is 2.95. The van der Waals surface area contributed by atoms with E-state index in [0.29, 0.717) is 6.54 Å². The fourth-order valence-corrected chi connectivity index (χ4v) is 3.16. The van der Waals surface area contributed by atoms with Crippen LogP contribution in [0.1, 0.15) is 34.9 Å². The number of ether oxygens (including phenoxy) is 1. The lowest BCUT2D eigenvalue weighted by Gasteiger charge is -2.28. The molecular weight excluding hydrogens is 318 g/mol. The number of rotatable bonds is 6. The number of nitrogens with zero attached hydrogens (tertiary/aromatic N) is 3. The van der Waals surface area contributed by atoms with E-state index in [2.05, 4.69) is 26.3 Å². The van der Waals surface area contributed by atoms with Gasteiger partial charge in [-0.1, -0.05) is 12.1 Å². The van der Waals surface area contributed by atoms with Gasteiger partial charge in [-0.05, 0) is 43.6 Å². The third-order valence-corrected chi connectivity index (χ3v) is 4.46. The Balaban J connectivity index is 1.76. The minimum Gasteiger partial charge on any atom is -0.497 e. The van der Waals surface area contributed by atoms with Crippen LogP contribution >= 0.6 is 0 Å². The van der Waals surface area contributed by atoms with E-state index in [4.69, 9.17) is 10.5 Å². The van der Waals surface area contributed by atoms with Gasteiger partial charge in [-0.25, -0.2) is 9.97 Å². The zero-order valence-electron chi connectivity index (χ0n) is 14.3. The number of carbonyl (C=O) groups excluding carboxylic acids is 1. The second kappa shape index (κ2) is 7.94. The van der Waals surface area contributed by atoms with E-state index in [-0.39, 0.29) is 23.5 Å². The molecule has 1 aromatic carbocycles. The molecule has 2 aromatic rings. The molecule has 1 fully saturated rings. The summed E-state index contributed by atoms with van der Waals surface area (Å²) < 4.78 is 5.34. The van der Waals surface area contributed by atoms with Gasteiger partial charge >= 0.3 is 0 Å². The molecule has 1 atom stereocenters. The van der Waals surface area contributed by atoms with Crippen LogP contribution in [0, 0.1) is 0 Å². The summed E-state index contributed by atoms with van der Waals surface area (Å²) in [5.74, 6) is 0.642. The summed E-state index contributed by atoms with van der Waals surface area (Å²) >= 11 is 0. The van der Waals surface area contributed by atoms with Crippen LogP contribution in [0.5, 0.6) is 5.75 Å². The van der Waals surface area contributed by atoms with Crippen LogP contribution in [0.3, 0.4) is 0 Å². The molecule has 25 heavy (non-hydrogen) atoms. The normalized spacial score (nSPS) is 15.7. The minimum atomic E-state index is -0.308. The number of anilines is 1. The summed E-state index contributed by atoms with van der Waals surface area (Å²) in [4.78, 5) is 22.7. The molecule has 0 saturated carbocycles. The lowest BCUT2D eigenvalue weighted by molar-refractivity contribution is 0.0933. The zero-order valence-corrected chi connectivity index (χ0v) is 14.3. The average molecular weight is 341 g/mol. The highest BCUT2D eigenvalue weighted by Gasteiger charge is 2.25. The van der Waals surface area contributed by atoms with Crippen LogP contribution in [-0.4, -0.2) is 47.5 Å². The summed E-state index contributed by atoms with van der Waals surface area (Å²) in [6.07, 6.45) is 5.28. The van der Waals surface area contributed by atoms with Gasteiger partial charge in [0.25, 0.3) is 5.91 Å². The highest BCUT2D eigenvalue weighted by atomic mass is 16.5. The van der Waals surface area contributed by atoms with Crippen LogP contribution in [0.15, 0.2) is 36.7 Å². The molecule has 0 spiro atoms. The third kappa shape index (κ3) is 4.06. The molecule has 1 aliphatic heterocycles. The fourth-order valence-electron chi connectivity index (χ4n) is 3.16. The van der Waals surface area contributed by atoms with Gasteiger partial charge < -0.3 is 15.8 Å². The predicted octanol–water partition coefficient (Wildman–Crippen LogP) is 1.63. The minimum absolute atomic E-state index is 0.0828. The first-order valence-electron chi connectivity index (χ1n) is 8.41. The molecule has 0 unspecified atom stereocenters. The predicted molar refractivity (Wildman–Crippen MR) is 95.3 cm³/mol. The van der Waals surface area contributed by atoms with Gasteiger partial charge in [0.05, 0.1) is 13.2 Å². The number of carbonyl (C=O) groups is 1. The molecule has 0 radical (unpaired) electrons. The maximum Gasteiger partial charge on any atom is 0.273 e. The van der Waals surface area contributed by atoms with Crippen molar-refractivity contribution in [2.24, 2.45) is 0 Å². The Morgan fingerprint density at radius 1 is 1.32 bits per heavy atom. The molecule has 7 nitrogen and oxygen atoms in total. The van der Waals surface area contributed by atoms with Crippen molar-refractivity contribution in [3.05, 3.63) is 47.9 Å². The van der Waals surface area contributed by atoms with Crippen molar-refractivity contribution in [1.29, 1.82) is 0 Å². The van der Waals surface area contributed by atoms with E-state index >= 15 is 0 Å². The van der Waals surface area contributed by atoms with Gasteiger partial charge in [-0.15, -0.1) is 0 Å². The second-order valence-electron chi connectivity index (χ2n) is 6.04. The number of hydrogen-bond acceptors (Lipinski definition) is 6. The second-order valence-corrected chi connectivity index (χ2v) is 6.04. The van der Waals surface area contributed by atoms with Crippen LogP contribution in [0.25, 0.3) is 0 Å². The lowest BCUT2D eigenvalue weighted by atomic mass is 10.0. The number of methoxy groups -OCH3 is 1. The van der Waals surface area contributed by atoms with Crippen molar-refractivity contribution >= 4 is 11.7 Å². The summed E-state index contributed by atoms with van der Waals surface area (Å²) in [7, 11) is 1.66. The summed E-state index contributed by atoms with van der Waals surface area (Å²) in [6.45, 7) is 2.51. The first kappa shape index (κ1) is 17.2. The van der Waals surface area contributed by atoms with E-state index < -0.39 is 0 Å². The molecule has 0 bridgehead atoms. The number of amides is 1. The Morgan fingerprint density at radius 3 is 2.80 bits per heavy atom. The van der Waals surface area contributed by atoms with Gasteiger partial charge in [0.15, 0.2) is 11.5 Å². The molecule has 3 N–H and O–H groups in total. The first-order chi connectivity index (χ1) is 12.2. The standard InChI is InChI=1S/C18H23N5O2/c1-25-14-6-4-5-13(11-14)15(23-9-2-3-10-23)12-22-18(24)16-17(19)21-8-7-20-16/h4-8,11,15H,2-3,9-10,12H2,1H3,(H2,19,21)(H,22,24)/t15-/m1/s1. The summed E-state index contributed by atoms with van der Waals surface area (Å²) in [5.41, 5.74) is 7.02. The number of hydrogen-bond donors (Lipinski definition) is 2. The highest BCUT2D eigenvalue weighted by molar-refractivity contribution is 5.96. The van der Waals surface area contributed by atoms with Crippen molar-refractivity contribution < 1.29 is 9.53 Å². The number of benzene rings is 1. The number of nitrogen functional groups attached to an aromatic ring is 1. The number of aromatic nitrogens is 2. The molecule has 1 saturated heterocycles. The van der Waals surface area contributed by atoms with E-state index in [1.165, 1.54) is 25.2 Å².